The van der Waals surface area contributed by atoms with Gasteiger partial charge in [0.25, 0.3) is 0 Å². The Hall–Kier alpha value is -0.170. The van der Waals surface area contributed by atoms with Crippen molar-refractivity contribution in [2.45, 2.75) is 18.4 Å². The van der Waals surface area contributed by atoms with Crippen molar-refractivity contribution in [2.75, 3.05) is 25.2 Å². The van der Waals surface area contributed by atoms with Crippen LogP contribution in [0.5, 0.6) is 0 Å². The van der Waals surface area contributed by atoms with Crippen LogP contribution in [0, 0.1) is 0 Å². The maximum Gasteiger partial charge on any atom is 0.150 e. The van der Waals surface area contributed by atoms with Crippen LogP contribution in [0.4, 0.5) is 0 Å². The molecule has 0 atom stereocenters. The summed E-state index contributed by atoms with van der Waals surface area (Å²) in [5, 5.41) is 9.83. The van der Waals surface area contributed by atoms with Gasteiger partial charge < -0.3 is 9.94 Å². The average Bonchev–Trinajstić information content (AvgIpc) is 2.08. The molecule has 1 aliphatic heterocycles. The molecule has 0 amide bonds. The molecular formula is C7H15NO4S. The normalized spacial score (nSPS) is 25.7. The van der Waals surface area contributed by atoms with Gasteiger partial charge in [-0.05, 0) is 12.8 Å². The molecule has 2 N–H and O–H groups in total. The highest BCUT2D eigenvalue weighted by atomic mass is 32.2. The summed E-state index contributed by atoms with van der Waals surface area (Å²) in [7, 11) is -1.45. The van der Waals surface area contributed by atoms with Gasteiger partial charge in [-0.15, -0.1) is 0 Å². The Balaban J connectivity index is 2.46. The highest BCUT2D eigenvalue weighted by molar-refractivity contribution is 7.91. The minimum absolute atomic E-state index is 0.0644. The van der Waals surface area contributed by atoms with Crippen molar-refractivity contribution in [2.24, 2.45) is 0 Å². The van der Waals surface area contributed by atoms with Gasteiger partial charge in [0.05, 0.1) is 24.2 Å². The Bertz CT molecular complexity index is 248. The largest absolute Gasteiger partial charge is 0.388 e. The molecule has 78 valence electrons. The molecule has 0 unspecified atom stereocenters. The van der Waals surface area contributed by atoms with Crippen molar-refractivity contribution in [1.29, 1.82) is 0 Å². The first-order valence-corrected chi connectivity index (χ1v) is 5.98. The molecule has 1 heterocycles. The standard InChI is InChI=1S/C7H15NO4S/c1-12-8-6-7(9)2-4-13(10,11)5-3-7/h8-9H,2-6H2,1H3. The first-order valence-electron chi connectivity index (χ1n) is 4.16. The maximum absolute atomic E-state index is 11.0. The van der Waals surface area contributed by atoms with Crippen LogP contribution in [-0.4, -0.2) is 44.3 Å². The van der Waals surface area contributed by atoms with Gasteiger partial charge in [0.1, 0.15) is 0 Å². The summed E-state index contributed by atoms with van der Waals surface area (Å²) in [6, 6.07) is 0. The van der Waals surface area contributed by atoms with E-state index in [4.69, 9.17) is 0 Å². The van der Waals surface area contributed by atoms with Crippen LogP contribution in [0.3, 0.4) is 0 Å². The summed E-state index contributed by atoms with van der Waals surface area (Å²) in [5.41, 5.74) is 1.61. The minimum Gasteiger partial charge on any atom is -0.388 e. The van der Waals surface area contributed by atoms with Gasteiger partial charge in [-0.2, -0.15) is 0 Å². The van der Waals surface area contributed by atoms with Crippen LogP contribution in [0.1, 0.15) is 12.8 Å². The Morgan fingerprint density at radius 1 is 1.46 bits per heavy atom. The second-order valence-electron chi connectivity index (χ2n) is 3.40. The number of hydrogen-bond donors (Lipinski definition) is 2. The number of hydroxylamine groups is 1. The average molecular weight is 209 g/mol. The van der Waals surface area contributed by atoms with Gasteiger partial charge >= 0.3 is 0 Å². The predicted molar refractivity (Wildman–Crippen MR) is 47.8 cm³/mol. The summed E-state index contributed by atoms with van der Waals surface area (Å²) in [6.07, 6.45) is 0.567. The van der Waals surface area contributed by atoms with E-state index in [0.29, 0.717) is 0 Å². The lowest BCUT2D eigenvalue weighted by atomic mass is 9.97. The van der Waals surface area contributed by atoms with E-state index in [2.05, 4.69) is 10.3 Å². The smallest absolute Gasteiger partial charge is 0.150 e. The fourth-order valence-corrected chi connectivity index (χ4v) is 2.89. The molecule has 0 aliphatic carbocycles. The van der Waals surface area contributed by atoms with Crippen molar-refractivity contribution in [3.63, 3.8) is 0 Å². The molecule has 6 heteroatoms. The second kappa shape index (κ2) is 3.91. The lowest BCUT2D eigenvalue weighted by Gasteiger charge is -2.31. The summed E-state index contributed by atoms with van der Waals surface area (Å²) >= 11 is 0. The molecule has 0 aromatic heterocycles. The third-order valence-corrected chi connectivity index (χ3v) is 3.95. The van der Waals surface area contributed by atoms with Crippen LogP contribution >= 0.6 is 0 Å². The summed E-state index contributed by atoms with van der Waals surface area (Å²) in [6.45, 7) is 0.277. The molecule has 0 spiro atoms. The van der Waals surface area contributed by atoms with Gasteiger partial charge in [0.2, 0.25) is 0 Å². The molecule has 1 rings (SSSR count). The summed E-state index contributed by atoms with van der Waals surface area (Å²) in [5.74, 6) is 0.129. The highest BCUT2D eigenvalue weighted by Crippen LogP contribution is 2.22. The van der Waals surface area contributed by atoms with Gasteiger partial charge in [0, 0.05) is 6.54 Å². The third-order valence-electron chi connectivity index (χ3n) is 2.30. The topological polar surface area (TPSA) is 75.6 Å². The van der Waals surface area contributed by atoms with Gasteiger partial charge in [-0.1, -0.05) is 0 Å². The molecule has 0 saturated carbocycles. The van der Waals surface area contributed by atoms with E-state index >= 15 is 0 Å². The molecule has 0 bridgehead atoms. The number of hydrogen-bond acceptors (Lipinski definition) is 5. The van der Waals surface area contributed by atoms with Crippen LogP contribution in [0.15, 0.2) is 0 Å². The van der Waals surface area contributed by atoms with Crippen LogP contribution in [0.25, 0.3) is 0 Å². The van der Waals surface area contributed by atoms with Crippen molar-refractivity contribution in [3.8, 4) is 0 Å². The van der Waals surface area contributed by atoms with E-state index in [1.807, 2.05) is 0 Å². The zero-order valence-electron chi connectivity index (χ0n) is 7.62. The Morgan fingerprint density at radius 3 is 2.46 bits per heavy atom. The van der Waals surface area contributed by atoms with E-state index in [1.54, 1.807) is 0 Å². The lowest BCUT2D eigenvalue weighted by Crippen LogP contribution is -2.46. The zero-order valence-corrected chi connectivity index (χ0v) is 8.43. The summed E-state index contributed by atoms with van der Waals surface area (Å²) in [4.78, 5) is 4.60. The van der Waals surface area contributed by atoms with E-state index in [0.717, 1.165) is 0 Å². The molecule has 1 saturated heterocycles. The first kappa shape index (κ1) is 10.9. The molecule has 0 radical (unpaired) electrons. The second-order valence-corrected chi connectivity index (χ2v) is 5.71. The molecule has 1 fully saturated rings. The summed E-state index contributed by atoms with van der Waals surface area (Å²) < 4.78 is 22.1. The van der Waals surface area contributed by atoms with E-state index < -0.39 is 15.4 Å². The quantitative estimate of drug-likeness (QED) is 0.588. The van der Waals surface area contributed by atoms with E-state index in [9.17, 15) is 13.5 Å². The van der Waals surface area contributed by atoms with Crippen LogP contribution in [-0.2, 0) is 14.7 Å². The molecule has 0 aromatic rings. The molecule has 1 aliphatic rings. The first-order chi connectivity index (χ1) is 5.97. The highest BCUT2D eigenvalue weighted by Gasteiger charge is 2.34. The van der Waals surface area contributed by atoms with E-state index in [1.165, 1.54) is 7.11 Å². The van der Waals surface area contributed by atoms with Gasteiger partial charge in [-0.25, -0.2) is 13.9 Å². The van der Waals surface area contributed by atoms with Crippen LogP contribution < -0.4 is 5.48 Å². The lowest BCUT2D eigenvalue weighted by molar-refractivity contribution is -0.0202. The van der Waals surface area contributed by atoms with Crippen molar-refractivity contribution in [1.82, 2.24) is 5.48 Å². The number of nitrogens with one attached hydrogen (secondary N) is 1. The number of aliphatic hydroxyl groups is 1. The van der Waals surface area contributed by atoms with Crippen LogP contribution in [0.2, 0.25) is 0 Å². The predicted octanol–water partition coefficient (Wildman–Crippen LogP) is -0.923. The Morgan fingerprint density at radius 2 is 2.00 bits per heavy atom. The van der Waals surface area contributed by atoms with Crippen molar-refractivity contribution in [3.05, 3.63) is 0 Å². The van der Waals surface area contributed by atoms with Gasteiger partial charge in [-0.3, -0.25) is 0 Å². The number of rotatable bonds is 3. The van der Waals surface area contributed by atoms with Gasteiger partial charge in [0.15, 0.2) is 9.84 Å². The fraction of sp³-hybridized carbons (Fsp3) is 1.00. The molecule has 0 aromatic carbocycles. The fourth-order valence-electron chi connectivity index (χ4n) is 1.30. The van der Waals surface area contributed by atoms with E-state index in [-0.39, 0.29) is 30.9 Å². The minimum atomic E-state index is -2.91. The third kappa shape index (κ3) is 3.22. The Labute approximate surface area is 78.0 Å². The zero-order chi connectivity index (χ0) is 9.95. The molecule has 5 nitrogen and oxygen atoms in total. The Kier molecular flexibility index (Phi) is 3.28. The molecule has 13 heavy (non-hydrogen) atoms. The molecular weight excluding hydrogens is 194 g/mol. The monoisotopic (exact) mass is 209 g/mol. The SMILES string of the molecule is CONCC1(O)CCS(=O)(=O)CC1. The van der Waals surface area contributed by atoms with Crippen molar-refractivity contribution >= 4 is 9.84 Å². The number of sulfone groups is 1. The van der Waals surface area contributed by atoms with Crippen molar-refractivity contribution < 1.29 is 18.4 Å². The maximum atomic E-state index is 11.0.